The Morgan fingerprint density at radius 1 is 0.377 bits per heavy atom. The molecule has 2 aromatic heterocycles. The molecule has 0 saturated heterocycles. The van der Waals surface area contributed by atoms with E-state index in [1.807, 2.05) is 6.20 Å². The maximum Gasteiger partial charge on any atom is 0.137 e. The van der Waals surface area contributed by atoms with Crippen LogP contribution in [0.1, 0.15) is 129 Å². The first-order chi connectivity index (χ1) is 36.6. The maximum atomic E-state index is 7.01. The Bertz CT molecular complexity index is 3810. The smallest absolute Gasteiger partial charge is 0.137 e. The summed E-state index contributed by atoms with van der Waals surface area (Å²) in [6, 6.07) is 71.2. The van der Waals surface area contributed by atoms with Gasteiger partial charge >= 0.3 is 0 Å². The minimum Gasteiger partial charge on any atom is -0.457 e. The lowest BCUT2D eigenvalue weighted by molar-refractivity contribution is 0.483. The number of nitrogens with zero attached hydrogens (tertiary/aromatic N) is 4. The third kappa shape index (κ3) is 9.60. The number of rotatable bonds is 10. The van der Waals surface area contributed by atoms with Crippen molar-refractivity contribution in [3.63, 3.8) is 0 Å². The molecule has 1 aliphatic rings. The highest BCUT2D eigenvalue weighted by Gasteiger charge is 2.36. The topological polar surface area (TPSA) is 33.5 Å². The van der Waals surface area contributed by atoms with Crippen molar-refractivity contribution in [2.45, 2.75) is 117 Å². The number of aromatic nitrogens is 2. The van der Waals surface area contributed by atoms with Gasteiger partial charge in [-0.15, -0.1) is 0 Å². The molecule has 8 aromatic carbocycles. The second-order valence-corrected chi connectivity index (χ2v) is 25.5. The SMILES string of the molecule is CC(C)(C)c1ccc2c(c1)c1ccc(Oc3cccc(N4CN(c5cc(-c6ccccc6)cc(C(C)(C)c6ccccc6)c5)c5cc(C(C)(C)C)c(C(C)(C)C)cc54)c3)cc1n2-c1cc(C(C)(C)c2ccccc2)ccn1. The summed E-state index contributed by atoms with van der Waals surface area (Å²) in [6.45, 7) is 30.8. The monoisotopic (exact) mass is 1010 g/mol. The lowest BCUT2D eigenvalue weighted by Gasteiger charge is -2.32. The summed E-state index contributed by atoms with van der Waals surface area (Å²) in [5.41, 5.74) is 17.5. The number of hydrogen-bond donors (Lipinski definition) is 0. The Morgan fingerprint density at radius 2 is 0.961 bits per heavy atom. The number of hydrogen-bond acceptors (Lipinski definition) is 4. The highest BCUT2D eigenvalue weighted by atomic mass is 16.5. The lowest BCUT2D eigenvalue weighted by Crippen LogP contribution is -2.25. The molecule has 5 nitrogen and oxygen atoms in total. The molecule has 0 amide bonds. The summed E-state index contributed by atoms with van der Waals surface area (Å²) in [4.78, 5) is 10.1. The zero-order valence-electron chi connectivity index (χ0n) is 47.5. The van der Waals surface area contributed by atoms with E-state index in [0.29, 0.717) is 6.67 Å². The highest BCUT2D eigenvalue weighted by molar-refractivity contribution is 6.10. The fourth-order valence-corrected chi connectivity index (χ4v) is 11.5. The van der Waals surface area contributed by atoms with E-state index in [-0.39, 0.29) is 27.1 Å². The minimum absolute atomic E-state index is 0.0148. The third-order valence-electron chi connectivity index (χ3n) is 16.3. The van der Waals surface area contributed by atoms with Crippen LogP contribution in [0.5, 0.6) is 11.5 Å². The van der Waals surface area contributed by atoms with Gasteiger partial charge in [0.15, 0.2) is 0 Å². The van der Waals surface area contributed by atoms with Crippen molar-refractivity contribution in [3.8, 4) is 28.4 Å². The van der Waals surface area contributed by atoms with E-state index < -0.39 is 0 Å². The maximum absolute atomic E-state index is 7.01. The molecule has 0 unspecified atom stereocenters. The van der Waals surface area contributed by atoms with E-state index >= 15 is 0 Å². The van der Waals surface area contributed by atoms with Crippen LogP contribution in [0.4, 0.5) is 22.7 Å². The van der Waals surface area contributed by atoms with E-state index in [2.05, 4.69) is 298 Å². The summed E-state index contributed by atoms with van der Waals surface area (Å²) in [5, 5.41) is 2.36. The third-order valence-corrected chi connectivity index (χ3v) is 16.3. The standard InChI is InChI=1S/C72H74N4O/c1-68(2,3)52-32-35-63-60(41-52)59-34-33-58(44-64(59)76(63)67-42-53(36-37-73-67)71(10,11)50-26-19-15-20-27-50)77-57-31-23-30-55(43-57)74-47-75(66-46-62(70(7,8)9)61(45-65(66)74)69(4,5)6)56-39-49(48-24-17-14-18-25-48)38-54(40-56)72(12,13)51-28-21-16-22-29-51/h14-46H,47H2,1-13H3. The van der Waals surface area contributed by atoms with E-state index in [9.17, 15) is 0 Å². The number of fused-ring (bicyclic) bond motifs is 4. The van der Waals surface area contributed by atoms with Crippen LogP contribution < -0.4 is 14.5 Å². The van der Waals surface area contributed by atoms with Crippen LogP contribution in [0.25, 0.3) is 38.8 Å². The molecule has 0 saturated carbocycles. The Balaban J connectivity index is 1.02. The van der Waals surface area contributed by atoms with E-state index in [1.165, 1.54) is 66.8 Å². The summed E-state index contributed by atoms with van der Waals surface area (Å²) in [5.74, 6) is 2.40. The Hall–Kier alpha value is -7.89. The summed E-state index contributed by atoms with van der Waals surface area (Å²) in [6.07, 6.45) is 1.96. The van der Waals surface area contributed by atoms with Gasteiger partial charge in [-0.3, -0.25) is 4.57 Å². The van der Waals surface area contributed by atoms with Gasteiger partial charge in [0.2, 0.25) is 0 Å². The molecule has 0 fully saturated rings. The molecule has 0 aliphatic carbocycles. The van der Waals surface area contributed by atoms with Gasteiger partial charge in [0, 0.05) is 51.3 Å². The van der Waals surface area contributed by atoms with Crippen molar-refractivity contribution >= 4 is 44.6 Å². The highest BCUT2D eigenvalue weighted by Crippen LogP contribution is 2.51. The summed E-state index contributed by atoms with van der Waals surface area (Å²) < 4.78 is 9.33. The van der Waals surface area contributed by atoms with E-state index in [1.54, 1.807) is 0 Å². The fraction of sp³-hybridized carbons (Fsp3) is 0.264. The molecular formula is C72H74N4O. The van der Waals surface area contributed by atoms with Crippen LogP contribution in [0.2, 0.25) is 0 Å². The number of ether oxygens (including phenoxy) is 1. The van der Waals surface area contributed by atoms with Crippen LogP contribution in [-0.2, 0) is 27.1 Å². The summed E-state index contributed by atoms with van der Waals surface area (Å²) in [7, 11) is 0. The Kier molecular flexibility index (Phi) is 12.6. The summed E-state index contributed by atoms with van der Waals surface area (Å²) >= 11 is 0. The van der Waals surface area contributed by atoms with Crippen LogP contribution in [0.3, 0.4) is 0 Å². The molecule has 0 atom stereocenters. The molecular weight excluding hydrogens is 937 g/mol. The number of anilines is 4. The zero-order valence-corrected chi connectivity index (χ0v) is 47.5. The van der Waals surface area contributed by atoms with Gasteiger partial charge in [0.1, 0.15) is 24.0 Å². The van der Waals surface area contributed by atoms with Crippen LogP contribution >= 0.6 is 0 Å². The first kappa shape index (κ1) is 51.2. The average molecular weight is 1010 g/mol. The van der Waals surface area contributed by atoms with Crippen LogP contribution in [0, 0.1) is 0 Å². The molecule has 10 aromatic rings. The lowest BCUT2D eigenvalue weighted by atomic mass is 9.74. The van der Waals surface area contributed by atoms with Gasteiger partial charge in [-0.25, -0.2) is 4.98 Å². The Labute approximate surface area is 457 Å². The quantitative estimate of drug-likeness (QED) is 0.137. The largest absolute Gasteiger partial charge is 0.457 e. The van der Waals surface area contributed by atoms with Crippen LogP contribution in [-0.4, -0.2) is 16.2 Å². The van der Waals surface area contributed by atoms with Crippen molar-refractivity contribution in [1.29, 1.82) is 0 Å². The van der Waals surface area contributed by atoms with E-state index in [4.69, 9.17) is 9.72 Å². The predicted molar refractivity (Wildman–Crippen MR) is 326 cm³/mol. The van der Waals surface area contributed by atoms with Gasteiger partial charge in [-0.05, 0) is 139 Å². The van der Waals surface area contributed by atoms with Crippen molar-refractivity contribution in [2.75, 3.05) is 16.5 Å². The van der Waals surface area contributed by atoms with Crippen LogP contribution in [0.15, 0.2) is 200 Å². The second-order valence-electron chi connectivity index (χ2n) is 25.5. The molecule has 388 valence electrons. The van der Waals surface area contributed by atoms with Crippen molar-refractivity contribution in [2.24, 2.45) is 0 Å². The van der Waals surface area contributed by atoms with Crippen molar-refractivity contribution in [1.82, 2.24) is 9.55 Å². The number of pyridine rings is 1. The van der Waals surface area contributed by atoms with E-state index in [0.717, 1.165) is 45.1 Å². The van der Waals surface area contributed by atoms with Gasteiger partial charge in [-0.1, -0.05) is 199 Å². The first-order valence-corrected chi connectivity index (χ1v) is 27.5. The predicted octanol–water partition coefficient (Wildman–Crippen LogP) is 19.4. The van der Waals surface area contributed by atoms with Crippen molar-refractivity contribution in [3.05, 3.63) is 239 Å². The van der Waals surface area contributed by atoms with Gasteiger partial charge < -0.3 is 14.5 Å². The fourth-order valence-electron chi connectivity index (χ4n) is 11.5. The molecule has 11 rings (SSSR count). The molecule has 77 heavy (non-hydrogen) atoms. The molecule has 0 radical (unpaired) electrons. The minimum atomic E-state index is -0.256. The molecule has 5 heteroatoms. The van der Waals surface area contributed by atoms with Gasteiger partial charge in [0.25, 0.3) is 0 Å². The molecule has 0 spiro atoms. The molecule has 1 aliphatic heterocycles. The second kappa shape index (κ2) is 19.0. The van der Waals surface area contributed by atoms with Gasteiger partial charge in [0.05, 0.1) is 22.4 Å². The molecule has 3 heterocycles. The first-order valence-electron chi connectivity index (χ1n) is 27.5. The molecule has 0 bridgehead atoms. The van der Waals surface area contributed by atoms with Gasteiger partial charge in [-0.2, -0.15) is 0 Å². The van der Waals surface area contributed by atoms with Crippen molar-refractivity contribution < 1.29 is 4.74 Å². The Morgan fingerprint density at radius 3 is 1.57 bits per heavy atom. The zero-order chi connectivity index (χ0) is 54.2. The molecule has 0 N–H and O–H groups in total. The normalized spacial score (nSPS) is 13.4. The number of benzene rings is 8. The average Bonchev–Trinajstić information content (AvgIpc) is 4.03.